The minimum atomic E-state index is 0.192. The smallest absolute Gasteiger partial charge is 0.115 e. The largest absolute Gasteiger partial charge is 0.383 e. The summed E-state index contributed by atoms with van der Waals surface area (Å²) >= 11 is 3.53. The second kappa shape index (κ2) is 6.43. The van der Waals surface area contributed by atoms with E-state index >= 15 is 0 Å². The van der Waals surface area contributed by atoms with Crippen molar-refractivity contribution in [2.75, 3.05) is 20.3 Å². The van der Waals surface area contributed by atoms with E-state index in [2.05, 4.69) is 34.7 Å². The molecule has 1 unspecified atom stereocenters. The second-order valence-electron chi connectivity index (χ2n) is 4.16. The van der Waals surface area contributed by atoms with Crippen LogP contribution in [0.15, 0.2) is 17.5 Å². The van der Waals surface area contributed by atoms with Crippen molar-refractivity contribution in [3.05, 3.63) is 38.0 Å². The van der Waals surface area contributed by atoms with Crippen LogP contribution in [0.3, 0.4) is 0 Å². The van der Waals surface area contributed by atoms with Gasteiger partial charge in [-0.3, -0.25) is 0 Å². The van der Waals surface area contributed by atoms with Gasteiger partial charge < -0.3 is 10.1 Å². The summed E-state index contributed by atoms with van der Waals surface area (Å²) in [5.41, 5.74) is 1.09. The van der Waals surface area contributed by atoms with Gasteiger partial charge in [0.25, 0.3) is 0 Å². The van der Waals surface area contributed by atoms with Crippen molar-refractivity contribution in [3.8, 4) is 0 Å². The Labute approximate surface area is 116 Å². The minimum absolute atomic E-state index is 0.192. The van der Waals surface area contributed by atoms with Crippen LogP contribution in [0, 0.1) is 13.8 Å². The summed E-state index contributed by atoms with van der Waals surface area (Å²) in [5, 5.41) is 6.74. The van der Waals surface area contributed by atoms with Gasteiger partial charge in [0.1, 0.15) is 5.01 Å². The molecule has 2 aromatic rings. The zero-order valence-electron chi connectivity index (χ0n) is 10.9. The van der Waals surface area contributed by atoms with Gasteiger partial charge >= 0.3 is 0 Å². The highest BCUT2D eigenvalue weighted by Crippen LogP contribution is 2.29. The molecule has 0 amide bonds. The summed E-state index contributed by atoms with van der Waals surface area (Å²) in [4.78, 5) is 7.25. The number of methoxy groups -OCH3 is 1. The molecule has 5 heteroatoms. The number of nitrogens with one attached hydrogen (secondary N) is 1. The Morgan fingerprint density at radius 2 is 2.22 bits per heavy atom. The number of thiophene rings is 1. The zero-order chi connectivity index (χ0) is 13.0. The molecule has 3 nitrogen and oxygen atoms in total. The third kappa shape index (κ3) is 3.38. The van der Waals surface area contributed by atoms with E-state index in [0.717, 1.165) is 17.2 Å². The Bertz CT molecular complexity index is 452. The number of nitrogens with zero attached hydrogens (tertiary/aromatic N) is 1. The van der Waals surface area contributed by atoms with E-state index in [1.54, 1.807) is 18.4 Å². The molecule has 0 saturated carbocycles. The van der Waals surface area contributed by atoms with Gasteiger partial charge in [-0.05, 0) is 26.0 Å². The molecule has 1 N–H and O–H groups in total. The molecule has 1 atom stereocenters. The third-order valence-corrected chi connectivity index (χ3v) is 4.68. The molecule has 2 aromatic heterocycles. The van der Waals surface area contributed by atoms with Crippen molar-refractivity contribution >= 4 is 22.7 Å². The van der Waals surface area contributed by atoms with E-state index in [1.165, 1.54) is 9.75 Å². The minimum Gasteiger partial charge on any atom is -0.383 e. The fourth-order valence-electron chi connectivity index (χ4n) is 1.73. The lowest BCUT2D eigenvalue weighted by Gasteiger charge is -2.14. The van der Waals surface area contributed by atoms with E-state index in [9.17, 15) is 0 Å². The van der Waals surface area contributed by atoms with Crippen molar-refractivity contribution < 1.29 is 4.74 Å². The summed E-state index contributed by atoms with van der Waals surface area (Å²) in [6.45, 7) is 5.71. The summed E-state index contributed by atoms with van der Waals surface area (Å²) in [6, 6.07) is 4.53. The van der Waals surface area contributed by atoms with Gasteiger partial charge in [0.15, 0.2) is 0 Å². The van der Waals surface area contributed by atoms with Gasteiger partial charge in [-0.15, -0.1) is 22.7 Å². The molecular formula is C13H18N2OS2. The molecule has 0 fully saturated rings. The summed E-state index contributed by atoms with van der Waals surface area (Å²) in [6.07, 6.45) is 0. The molecule has 0 bridgehead atoms. The lowest BCUT2D eigenvalue weighted by atomic mass is 10.2. The number of hydrogen-bond donors (Lipinski definition) is 1. The van der Waals surface area contributed by atoms with Gasteiger partial charge in [0.2, 0.25) is 0 Å². The number of ether oxygens (including phenoxy) is 1. The van der Waals surface area contributed by atoms with Gasteiger partial charge in [-0.2, -0.15) is 0 Å². The molecule has 2 heterocycles. The van der Waals surface area contributed by atoms with Crippen LogP contribution in [0.1, 0.15) is 26.5 Å². The normalized spacial score (nSPS) is 12.8. The van der Waals surface area contributed by atoms with Gasteiger partial charge in [-0.25, -0.2) is 4.98 Å². The first-order valence-corrected chi connectivity index (χ1v) is 7.61. The van der Waals surface area contributed by atoms with E-state index < -0.39 is 0 Å². The van der Waals surface area contributed by atoms with E-state index in [0.29, 0.717) is 6.61 Å². The molecular weight excluding hydrogens is 264 g/mol. The summed E-state index contributed by atoms with van der Waals surface area (Å²) < 4.78 is 5.10. The van der Waals surface area contributed by atoms with Crippen molar-refractivity contribution in [1.29, 1.82) is 0 Å². The maximum atomic E-state index is 5.10. The van der Waals surface area contributed by atoms with E-state index in [1.807, 2.05) is 18.3 Å². The number of aryl methyl sites for hydroxylation is 2. The van der Waals surface area contributed by atoms with Gasteiger partial charge in [-0.1, -0.05) is 0 Å². The highest BCUT2D eigenvalue weighted by molar-refractivity contribution is 7.12. The van der Waals surface area contributed by atoms with E-state index in [4.69, 9.17) is 4.74 Å². The quantitative estimate of drug-likeness (QED) is 0.827. The molecule has 0 saturated heterocycles. The molecule has 0 spiro atoms. The van der Waals surface area contributed by atoms with Crippen LogP contribution in [0.5, 0.6) is 0 Å². The summed E-state index contributed by atoms with van der Waals surface area (Å²) in [5.74, 6) is 0. The Morgan fingerprint density at radius 3 is 2.78 bits per heavy atom. The first-order chi connectivity index (χ1) is 8.70. The second-order valence-corrected chi connectivity index (χ2v) is 6.36. The van der Waals surface area contributed by atoms with Crippen LogP contribution in [0.4, 0.5) is 0 Å². The SMILES string of the molecule is COCCNC(c1ccc(C)s1)c1nc(C)cs1. The standard InChI is InChI=1S/C13H18N2OS2/c1-9-8-17-13(15-9)12(14-6-7-16-3)11-5-4-10(2)18-11/h4-5,8,12,14H,6-7H2,1-3H3. The Balaban J connectivity index is 2.17. The molecule has 0 aliphatic carbocycles. The molecule has 0 aliphatic heterocycles. The number of thiazole rings is 1. The highest BCUT2D eigenvalue weighted by Gasteiger charge is 2.18. The van der Waals surface area contributed by atoms with Crippen molar-refractivity contribution in [3.63, 3.8) is 0 Å². The van der Waals surface area contributed by atoms with Crippen LogP contribution < -0.4 is 5.32 Å². The molecule has 0 aliphatic rings. The number of rotatable bonds is 6. The topological polar surface area (TPSA) is 34.1 Å². The Hall–Kier alpha value is -0.750. The molecule has 0 aromatic carbocycles. The average molecular weight is 282 g/mol. The number of hydrogen-bond acceptors (Lipinski definition) is 5. The predicted molar refractivity (Wildman–Crippen MR) is 77.6 cm³/mol. The van der Waals surface area contributed by atoms with Crippen LogP contribution in [-0.2, 0) is 4.74 Å². The fraction of sp³-hybridized carbons (Fsp3) is 0.462. The zero-order valence-corrected chi connectivity index (χ0v) is 12.5. The fourth-order valence-corrected chi connectivity index (χ4v) is 3.65. The summed E-state index contributed by atoms with van der Waals surface area (Å²) in [7, 11) is 1.72. The first kappa shape index (κ1) is 13.7. The van der Waals surface area contributed by atoms with Gasteiger partial charge in [0, 0.05) is 34.5 Å². The van der Waals surface area contributed by atoms with Crippen molar-refractivity contribution in [2.24, 2.45) is 0 Å². The van der Waals surface area contributed by atoms with Crippen LogP contribution in [0.25, 0.3) is 0 Å². The monoisotopic (exact) mass is 282 g/mol. The molecule has 0 radical (unpaired) electrons. The molecule has 18 heavy (non-hydrogen) atoms. The lowest BCUT2D eigenvalue weighted by molar-refractivity contribution is 0.197. The Kier molecular flexibility index (Phi) is 4.88. The predicted octanol–water partition coefficient (Wildman–Crippen LogP) is 3.15. The van der Waals surface area contributed by atoms with Crippen molar-refractivity contribution in [1.82, 2.24) is 10.3 Å². The van der Waals surface area contributed by atoms with E-state index in [-0.39, 0.29) is 6.04 Å². The van der Waals surface area contributed by atoms with Crippen molar-refractivity contribution in [2.45, 2.75) is 19.9 Å². The average Bonchev–Trinajstić information content (AvgIpc) is 2.94. The maximum Gasteiger partial charge on any atom is 0.115 e. The van der Waals surface area contributed by atoms with Crippen LogP contribution in [-0.4, -0.2) is 25.2 Å². The lowest BCUT2D eigenvalue weighted by Crippen LogP contribution is -2.25. The van der Waals surface area contributed by atoms with Gasteiger partial charge in [0.05, 0.1) is 12.6 Å². The third-order valence-electron chi connectivity index (χ3n) is 2.58. The Morgan fingerprint density at radius 1 is 1.39 bits per heavy atom. The highest BCUT2D eigenvalue weighted by atomic mass is 32.1. The van der Waals surface area contributed by atoms with Crippen LogP contribution in [0.2, 0.25) is 0 Å². The maximum absolute atomic E-state index is 5.10. The molecule has 98 valence electrons. The first-order valence-electron chi connectivity index (χ1n) is 5.91. The van der Waals surface area contributed by atoms with Crippen LogP contribution >= 0.6 is 22.7 Å². The molecule has 2 rings (SSSR count). The number of aromatic nitrogens is 1.